The highest BCUT2D eigenvalue weighted by Crippen LogP contribution is 2.19. The van der Waals surface area contributed by atoms with Gasteiger partial charge in [0.05, 0.1) is 7.11 Å². The summed E-state index contributed by atoms with van der Waals surface area (Å²) in [6, 6.07) is 17.9. The van der Waals surface area contributed by atoms with Crippen LogP contribution in [0.15, 0.2) is 54.6 Å². The van der Waals surface area contributed by atoms with Gasteiger partial charge in [-0.05, 0) is 50.1 Å². The molecule has 0 atom stereocenters. The number of amides is 1. The zero-order valence-electron chi connectivity index (χ0n) is 13.5. The second-order valence-electron chi connectivity index (χ2n) is 5.54. The Morgan fingerprint density at radius 3 is 2.23 bits per heavy atom. The van der Waals surface area contributed by atoms with Crippen molar-refractivity contribution in [1.29, 1.82) is 0 Å². The molecule has 116 valence electrons. The van der Waals surface area contributed by atoms with Crippen molar-refractivity contribution in [3.63, 3.8) is 0 Å². The molecule has 0 heterocycles. The van der Waals surface area contributed by atoms with Gasteiger partial charge in [-0.1, -0.05) is 30.3 Å². The number of carbonyl (C=O) groups excluding carboxylic acids is 1. The number of rotatable bonds is 6. The summed E-state index contributed by atoms with van der Waals surface area (Å²) >= 11 is 0. The Morgan fingerprint density at radius 2 is 1.68 bits per heavy atom. The van der Waals surface area contributed by atoms with Gasteiger partial charge in [0.25, 0.3) is 0 Å². The molecule has 0 aliphatic carbocycles. The van der Waals surface area contributed by atoms with Gasteiger partial charge < -0.3 is 9.64 Å². The Kier molecular flexibility index (Phi) is 5.59. The zero-order valence-corrected chi connectivity index (χ0v) is 13.5. The molecule has 0 aromatic heterocycles. The molecule has 0 spiro atoms. The number of ether oxygens (including phenoxy) is 1. The highest BCUT2D eigenvalue weighted by atomic mass is 16.5. The third-order valence-electron chi connectivity index (χ3n) is 3.61. The Balaban J connectivity index is 2.02. The van der Waals surface area contributed by atoms with Crippen LogP contribution >= 0.6 is 0 Å². The minimum Gasteiger partial charge on any atom is -0.497 e. The SMILES string of the molecule is COc1ccc(CCC(=O)N(c2ccccc2)C(C)C)cc1. The molecule has 3 nitrogen and oxygen atoms in total. The quantitative estimate of drug-likeness (QED) is 0.804. The Bertz CT molecular complexity index is 591. The number of methoxy groups -OCH3 is 1. The predicted octanol–water partition coefficient (Wildman–Crippen LogP) is 4.07. The van der Waals surface area contributed by atoms with E-state index in [9.17, 15) is 4.79 Å². The van der Waals surface area contributed by atoms with Crippen LogP contribution in [0.5, 0.6) is 5.75 Å². The molecule has 0 fully saturated rings. The van der Waals surface area contributed by atoms with E-state index in [0.29, 0.717) is 6.42 Å². The highest BCUT2D eigenvalue weighted by molar-refractivity contribution is 5.93. The summed E-state index contributed by atoms with van der Waals surface area (Å²) < 4.78 is 5.15. The molecule has 0 aliphatic rings. The molecular weight excluding hydrogens is 274 g/mol. The van der Waals surface area contributed by atoms with E-state index < -0.39 is 0 Å². The fraction of sp³-hybridized carbons (Fsp3) is 0.316. The average molecular weight is 297 g/mol. The maximum atomic E-state index is 12.6. The monoisotopic (exact) mass is 297 g/mol. The van der Waals surface area contributed by atoms with Gasteiger partial charge in [0.15, 0.2) is 0 Å². The minimum atomic E-state index is 0.144. The van der Waals surface area contributed by atoms with Crippen LogP contribution in [-0.2, 0) is 11.2 Å². The molecule has 0 saturated heterocycles. The summed E-state index contributed by atoms with van der Waals surface area (Å²) in [5.74, 6) is 0.986. The molecule has 0 radical (unpaired) electrons. The first kappa shape index (κ1) is 16.1. The van der Waals surface area contributed by atoms with Crippen LogP contribution in [0.2, 0.25) is 0 Å². The standard InChI is InChI=1S/C19H23NO2/c1-15(2)20(17-7-5-4-6-8-17)19(21)14-11-16-9-12-18(22-3)13-10-16/h4-10,12-13,15H,11,14H2,1-3H3. The third-order valence-corrected chi connectivity index (χ3v) is 3.61. The van der Waals surface area contributed by atoms with Crippen molar-refractivity contribution >= 4 is 11.6 Å². The van der Waals surface area contributed by atoms with Gasteiger partial charge >= 0.3 is 0 Å². The summed E-state index contributed by atoms with van der Waals surface area (Å²) in [6.07, 6.45) is 1.23. The molecule has 0 N–H and O–H groups in total. The fourth-order valence-electron chi connectivity index (χ4n) is 2.48. The number of carbonyl (C=O) groups is 1. The van der Waals surface area contributed by atoms with Crippen LogP contribution in [0.25, 0.3) is 0 Å². The van der Waals surface area contributed by atoms with Gasteiger partial charge in [0, 0.05) is 18.2 Å². The smallest absolute Gasteiger partial charge is 0.227 e. The maximum Gasteiger partial charge on any atom is 0.227 e. The van der Waals surface area contributed by atoms with Crippen LogP contribution in [-0.4, -0.2) is 19.1 Å². The van der Waals surface area contributed by atoms with Gasteiger partial charge in [0.2, 0.25) is 5.91 Å². The van der Waals surface area contributed by atoms with Crippen LogP contribution in [0.4, 0.5) is 5.69 Å². The summed E-state index contributed by atoms with van der Waals surface area (Å²) in [6.45, 7) is 4.08. The fourth-order valence-corrected chi connectivity index (χ4v) is 2.48. The van der Waals surface area contributed by atoms with E-state index in [-0.39, 0.29) is 11.9 Å². The molecule has 0 saturated carbocycles. The molecule has 2 aromatic carbocycles. The van der Waals surface area contributed by atoms with Crippen molar-refractivity contribution < 1.29 is 9.53 Å². The maximum absolute atomic E-state index is 12.6. The molecule has 2 aromatic rings. The van der Waals surface area contributed by atoms with Crippen molar-refractivity contribution in [2.75, 3.05) is 12.0 Å². The molecule has 2 rings (SSSR count). The van der Waals surface area contributed by atoms with E-state index in [4.69, 9.17) is 4.74 Å². The second kappa shape index (κ2) is 7.64. The number of anilines is 1. The number of aryl methyl sites for hydroxylation is 1. The number of para-hydroxylation sites is 1. The lowest BCUT2D eigenvalue weighted by Crippen LogP contribution is -2.37. The first-order chi connectivity index (χ1) is 10.6. The van der Waals surface area contributed by atoms with Gasteiger partial charge in [-0.2, -0.15) is 0 Å². The van der Waals surface area contributed by atoms with E-state index in [1.807, 2.05) is 73.3 Å². The van der Waals surface area contributed by atoms with Gasteiger partial charge in [-0.15, -0.1) is 0 Å². The zero-order chi connectivity index (χ0) is 15.9. The van der Waals surface area contributed by atoms with E-state index in [0.717, 1.165) is 23.4 Å². The van der Waals surface area contributed by atoms with E-state index in [2.05, 4.69) is 0 Å². The van der Waals surface area contributed by atoms with Gasteiger partial charge in [-0.25, -0.2) is 0 Å². The van der Waals surface area contributed by atoms with Gasteiger partial charge in [-0.3, -0.25) is 4.79 Å². The van der Waals surface area contributed by atoms with Crippen LogP contribution in [0, 0.1) is 0 Å². The minimum absolute atomic E-state index is 0.144. The van der Waals surface area contributed by atoms with Crippen molar-refractivity contribution in [3.8, 4) is 5.75 Å². The van der Waals surface area contributed by atoms with E-state index in [1.54, 1.807) is 7.11 Å². The number of nitrogens with zero attached hydrogens (tertiary/aromatic N) is 1. The third kappa shape index (κ3) is 4.10. The van der Waals surface area contributed by atoms with Crippen LogP contribution < -0.4 is 9.64 Å². The summed E-state index contributed by atoms with van der Waals surface area (Å²) in [4.78, 5) is 14.4. The lowest BCUT2D eigenvalue weighted by atomic mass is 10.1. The molecule has 1 amide bonds. The molecule has 3 heteroatoms. The summed E-state index contributed by atoms with van der Waals surface area (Å²) in [5, 5.41) is 0. The molecular formula is C19H23NO2. The lowest BCUT2D eigenvalue weighted by molar-refractivity contribution is -0.118. The molecule has 22 heavy (non-hydrogen) atoms. The van der Waals surface area contributed by atoms with Crippen LogP contribution in [0.1, 0.15) is 25.8 Å². The summed E-state index contributed by atoms with van der Waals surface area (Å²) in [5.41, 5.74) is 2.10. The molecule has 0 unspecified atom stereocenters. The number of benzene rings is 2. The lowest BCUT2D eigenvalue weighted by Gasteiger charge is -2.27. The van der Waals surface area contributed by atoms with Gasteiger partial charge in [0.1, 0.15) is 5.75 Å². The van der Waals surface area contributed by atoms with E-state index >= 15 is 0 Å². The van der Waals surface area contributed by atoms with Crippen molar-refractivity contribution in [1.82, 2.24) is 0 Å². The average Bonchev–Trinajstić information content (AvgIpc) is 2.54. The Morgan fingerprint density at radius 1 is 1.05 bits per heavy atom. The van der Waals surface area contributed by atoms with Crippen LogP contribution in [0.3, 0.4) is 0 Å². The molecule has 0 aliphatic heterocycles. The topological polar surface area (TPSA) is 29.5 Å². The van der Waals surface area contributed by atoms with E-state index in [1.165, 1.54) is 0 Å². The second-order valence-corrected chi connectivity index (χ2v) is 5.54. The first-order valence-electron chi connectivity index (χ1n) is 7.62. The summed E-state index contributed by atoms with van der Waals surface area (Å²) in [7, 11) is 1.65. The molecule has 0 bridgehead atoms. The highest BCUT2D eigenvalue weighted by Gasteiger charge is 2.18. The number of hydrogen-bond donors (Lipinski definition) is 0. The first-order valence-corrected chi connectivity index (χ1v) is 7.62. The Labute approximate surface area is 132 Å². The predicted molar refractivity (Wildman–Crippen MR) is 90.4 cm³/mol. The normalized spacial score (nSPS) is 10.5. The van der Waals surface area contributed by atoms with Crippen molar-refractivity contribution in [2.24, 2.45) is 0 Å². The largest absolute Gasteiger partial charge is 0.497 e. The van der Waals surface area contributed by atoms with Crippen molar-refractivity contribution in [2.45, 2.75) is 32.7 Å². The Hall–Kier alpha value is -2.29. The van der Waals surface area contributed by atoms with Crippen molar-refractivity contribution in [3.05, 3.63) is 60.2 Å². The number of hydrogen-bond acceptors (Lipinski definition) is 2.